The number of fused-ring (bicyclic) bond motifs is 1. The highest BCUT2D eigenvalue weighted by molar-refractivity contribution is 5.83. The fourth-order valence-corrected chi connectivity index (χ4v) is 3.77. The third kappa shape index (κ3) is 2.87. The molecule has 0 radical (unpaired) electrons. The van der Waals surface area contributed by atoms with E-state index in [2.05, 4.69) is 14.9 Å². The van der Waals surface area contributed by atoms with E-state index in [9.17, 15) is 9.90 Å². The van der Waals surface area contributed by atoms with Crippen molar-refractivity contribution in [2.75, 3.05) is 6.54 Å². The lowest BCUT2D eigenvalue weighted by molar-refractivity contribution is -0.142. The van der Waals surface area contributed by atoms with E-state index in [1.54, 1.807) is 12.4 Å². The smallest absolute Gasteiger partial charge is 0.320 e. The first-order valence-corrected chi connectivity index (χ1v) is 8.49. The molecular weight excluding hydrogens is 314 g/mol. The summed E-state index contributed by atoms with van der Waals surface area (Å²) in [5, 5.41) is 10.7. The summed E-state index contributed by atoms with van der Waals surface area (Å²) in [6.07, 6.45) is 5.10. The molecular formula is C20H19N3O2. The normalized spacial score (nSPS) is 19.1. The van der Waals surface area contributed by atoms with Gasteiger partial charge in [-0.3, -0.25) is 19.7 Å². The van der Waals surface area contributed by atoms with Crippen LogP contribution in [0.2, 0.25) is 0 Å². The maximum absolute atomic E-state index is 11.8. The molecule has 25 heavy (non-hydrogen) atoms. The average molecular weight is 333 g/mol. The summed E-state index contributed by atoms with van der Waals surface area (Å²) in [7, 11) is 0. The number of rotatable bonds is 4. The molecule has 2 aromatic heterocycles. The summed E-state index contributed by atoms with van der Waals surface area (Å²) in [6, 6.07) is 15.1. The number of aromatic nitrogens is 2. The molecule has 0 bridgehead atoms. The highest BCUT2D eigenvalue weighted by Gasteiger charge is 2.37. The molecule has 0 spiro atoms. The van der Waals surface area contributed by atoms with Gasteiger partial charge in [0.15, 0.2) is 0 Å². The van der Waals surface area contributed by atoms with Crippen LogP contribution >= 0.6 is 0 Å². The van der Waals surface area contributed by atoms with Crippen LogP contribution in [0.3, 0.4) is 0 Å². The first-order chi connectivity index (χ1) is 12.3. The fraction of sp³-hybridized carbons (Fsp3) is 0.250. The minimum absolute atomic E-state index is 0.197. The predicted octanol–water partition coefficient (Wildman–Crippen LogP) is 3.27. The summed E-state index contributed by atoms with van der Waals surface area (Å²) < 4.78 is 0. The molecule has 2 unspecified atom stereocenters. The van der Waals surface area contributed by atoms with E-state index in [1.165, 1.54) is 0 Å². The third-order valence-electron chi connectivity index (χ3n) is 4.86. The monoisotopic (exact) mass is 333 g/mol. The van der Waals surface area contributed by atoms with Crippen molar-refractivity contribution in [3.05, 3.63) is 72.2 Å². The van der Waals surface area contributed by atoms with Crippen molar-refractivity contribution in [2.45, 2.75) is 24.9 Å². The van der Waals surface area contributed by atoms with Crippen molar-refractivity contribution in [3.8, 4) is 0 Å². The zero-order valence-corrected chi connectivity index (χ0v) is 13.7. The van der Waals surface area contributed by atoms with Crippen molar-refractivity contribution in [3.63, 3.8) is 0 Å². The van der Waals surface area contributed by atoms with Gasteiger partial charge in [0.25, 0.3) is 0 Å². The Balaban J connectivity index is 1.90. The van der Waals surface area contributed by atoms with Crippen LogP contribution in [-0.2, 0) is 4.79 Å². The van der Waals surface area contributed by atoms with Crippen molar-refractivity contribution < 1.29 is 9.90 Å². The minimum Gasteiger partial charge on any atom is -0.480 e. The summed E-state index contributed by atoms with van der Waals surface area (Å²) in [6.45, 7) is 0.745. The number of benzene rings is 1. The Labute approximate surface area is 146 Å². The molecule has 1 aliphatic heterocycles. The van der Waals surface area contributed by atoms with Crippen LogP contribution in [0.5, 0.6) is 0 Å². The first-order valence-electron chi connectivity index (χ1n) is 8.49. The summed E-state index contributed by atoms with van der Waals surface area (Å²) in [4.78, 5) is 22.8. The lowest BCUT2D eigenvalue weighted by Gasteiger charge is -2.31. The molecule has 1 aliphatic rings. The van der Waals surface area contributed by atoms with E-state index in [-0.39, 0.29) is 6.04 Å². The Morgan fingerprint density at radius 2 is 1.92 bits per heavy atom. The summed E-state index contributed by atoms with van der Waals surface area (Å²) in [5.74, 6) is -0.767. The number of hydrogen-bond donors (Lipinski definition) is 1. The quantitative estimate of drug-likeness (QED) is 0.794. The first kappa shape index (κ1) is 15.7. The van der Waals surface area contributed by atoms with E-state index in [0.717, 1.165) is 35.1 Å². The van der Waals surface area contributed by atoms with Crippen molar-refractivity contribution in [2.24, 2.45) is 0 Å². The van der Waals surface area contributed by atoms with Gasteiger partial charge in [-0.2, -0.15) is 0 Å². The van der Waals surface area contributed by atoms with Gasteiger partial charge in [-0.05, 0) is 42.7 Å². The molecule has 0 amide bonds. The van der Waals surface area contributed by atoms with E-state index in [1.807, 2.05) is 48.5 Å². The number of likely N-dealkylation sites (tertiary alicyclic amines) is 1. The number of pyridine rings is 2. The van der Waals surface area contributed by atoms with Gasteiger partial charge in [-0.25, -0.2) is 0 Å². The van der Waals surface area contributed by atoms with Crippen LogP contribution in [0.25, 0.3) is 10.9 Å². The number of carboxylic acid groups (broad SMARTS) is 1. The molecule has 1 aromatic carbocycles. The van der Waals surface area contributed by atoms with Gasteiger partial charge in [0.05, 0.1) is 17.3 Å². The van der Waals surface area contributed by atoms with E-state index in [0.29, 0.717) is 6.42 Å². The van der Waals surface area contributed by atoms with Crippen molar-refractivity contribution in [1.82, 2.24) is 14.9 Å². The number of hydrogen-bond acceptors (Lipinski definition) is 4. The molecule has 1 saturated heterocycles. The van der Waals surface area contributed by atoms with Crippen LogP contribution in [0.1, 0.15) is 30.1 Å². The molecule has 3 aromatic rings. The van der Waals surface area contributed by atoms with Gasteiger partial charge in [-0.1, -0.05) is 24.3 Å². The predicted molar refractivity (Wildman–Crippen MR) is 95.2 cm³/mol. The van der Waals surface area contributed by atoms with Crippen LogP contribution in [0.15, 0.2) is 60.9 Å². The Hall–Kier alpha value is -2.79. The van der Waals surface area contributed by atoms with Crippen LogP contribution in [-0.4, -0.2) is 38.5 Å². The van der Waals surface area contributed by atoms with Crippen LogP contribution in [0, 0.1) is 0 Å². The Morgan fingerprint density at radius 3 is 2.72 bits per heavy atom. The van der Waals surface area contributed by atoms with Gasteiger partial charge in [0.1, 0.15) is 6.04 Å². The highest BCUT2D eigenvalue weighted by atomic mass is 16.4. The number of carbonyl (C=O) groups is 1. The number of nitrogens with zero attached hydrogens (tertiary/aromatic N) is 3. The maximum atomic E-state index is 11.8. The largest absolute Gasteiger partial charge is 0.480 e. The van der Waals surface area contributed by atoms with Crippen LogP contribution < -0.4 is 0 Å². The van der Waals surface area contributed by atoms with E-state index in [4.69, 9.17) is 0 Å². The van der Waals surface area contributed by atoms with Gasteiger partial charge >= 0.3 is 5.97 Å². The number of aliphatic carboxylic acids is 1. The maximum Gasteiger partial charge on any atom is 0.320 e. The van der Waals surface area contributed by atoms with E-state index >= 15 is 0 Å². The third-order valence-corrected chi connectivity index (χ3v) is 4.86. The number of carboxylic acids is 1. The van der Waals surface area contributed by atoms with E-state index < -0.39 is 12.0 Å². The van der Waals surface area contributed by atoms with Gasteiger partial charge in [0, 0.05) is 24.3 Å². The topological polar surface area (TPSA) is 66.3 Å². The Kier molecular flexibility index (Phi) is 4.15. The molecule has 5 heteroatoms. The molecule has 1 N–H and O–H groups in total. The number of para-hydroxylation sites is 1. The zero-order valence-electron chi connectivity index (χ0n) is 13.7. The second-order valence-corrected chi connectivity index (χ2v) is 6.31. The zero-order chi connectivity index (χ0) is 17.2. The molecule has 4 rings (SSSR count). The molecule has 1 fully saturated rings. The second kappa shape index (κ2) is 6.61. The second-order valence-electron chi connectivity index (χ2n) is 6.31. The van der Waals surface area contributed by atoms with Crippen molar-refractivity contribution in [1.29, 1.82) is 0 Å². The molecule has 0 aliphatic carbocycles. The molecule has 0 saturated carbocycles. The summed E-state index contributed by atoms with van der Waals surface area (Å²) >= 11 is 0. The average Bonchev–Trinajstić information content (AvgIpc) is 3.13. The lowest BCUT2D eigenvalue weighted by Crippen LogP contribution is -2.39. The lowest BCUT2D eigenvalue weighted by atomic mass is 9.97. The molecule has 2 atom stereocenters. The Morgan fingerprint density at radius 1 is 1.08 bits per heavy atom. The van der Waals surface area contributed by atoms with Gasteiger partial charge in [-0.15, -0.1) is 0 Å². The Bertz CT molecular complexity index is 892. The molecule has 3 heterocycles. The fourth-order valence-electron chi connectivity index (χ4n) is 3.77. The molecule has 5 nitrogen and oxygen atoms in total. The molecule has 126 valence electrons. The van der Waals surface area contributed by atoms with Crippen LogP contribution in [0.4, 0.5) is 0 Å². The standard InChI is InChI=1S/C20H19N3O2/c24-20(25)18-9-5-13-23(18)19(17-8-3-4-11-21-17)15-10-12-22-16-7-2-1-6-14(15)16/h1-4,6-8,10-12,18-19H,5,9,13H2,(H,24,25). The highest BCUT2D eigenvalue weighted by Crippen LogP contribution is 2.36. The summed E-state index contributed by atoms with van der Waals surface area (Å²) in [5.41, 5.74) is 2.83. The SMILES string of the molecule is O=C(O)C1CCCN1C(c1ccccn1)c1ccnc2ccccc12. The van der Waals surface area contributed by atoms with Gasteiger partial charge in [0.2, 0.25) is 0 Å². The van der Waals surface area contributed by atoms with Crippen molar-refractivity contribution >= 4 is 16.9 Å². The minimum atomic E-state index is -0.767. The van der Waals surface area contributed by atoms with Gasteiger partial charge < -0.3 is 5.11 Å².